The van der Waals surface area contributed by atoms with E-state index in [0.29, 0.717) is 41.1 Å². The Labute approximate surface area is 154 Å². The molecule has 1 saturated heterocycles. The van der Waals surface area contributed by atoms with E-state index in [9.17, 15) is 9.59 Å². The molecule has 2 heterocycles. The number of hydrogen-bond donors (Lipinski definition) is 1. The molecule has 1 atom stereocenters. The number of carbonyl (C=O) groups is 1. The minimum absolute atomic E-state index is 0.0106. The van der Waals surface area contributed by atoms with Crippen LogP contribution in [0, 0.1) is 6.92 Å². The molecule has 1 aromatic heterocycles. The maximum atomic E-state index is 12.5. The Bertz CT molecular complexity index is 853. The lowest BCUT2D eigenvalue weighted by Gasteiger charge is -2.33. The Morgan fingerprint density at radius 2 is 2.20 bits per heavy atom. The zero-order chi connectivity index (χ0) is 18.0. The number of nitrogens with one attached hydrogen (secondary N) is 1. The highest BCUT2D eigenvalue weighted by atomic mass is 35.5. The molecule has 1 aliphatic heterocycles. The van der Waals surface area contributed by atoms with Crippen molar-refractivity contribution in [2.75, 3.05) is 19.7 Å². The number of aryl methyl sites for hydroxylation is 1. The van der Waals surface area contributed by atoms with Crippen LogP contribution in [0.2, 0.25) is 10.0 Å². The van der Waals surface area contributed by atoms with Crippen LogP contribution in [-0.4, -0.2) is 40.5 Å². The van der Waals surface area contributed by atoms with E-state index < -0.39 is 0 Å². The van der Waals surface area contributed by atoms with E-state index in [0.717, 1.165) is 5.56 Å². The first-order valence-electron chi connectivity index (χ1n) is 7.83. The van der Waals surface area contributed by atoms with Crippen molar-refractivity contribution in [1.82, 2.24) is 14.9 Å². The molecule has 132 valence electrons. The number of amides is 1. The predicted molar refractivity (Wildman–Crippen MR) is 95.0 cm³/mol. The van der Waals surface area contributed by atoms with Crippen LogP contribution in [0.1, 0.15) is 23.1 Å². The van der Waals surface area contributed by atoms with Crippen molar-refractivity contribution in [3.8, 4) is 0 Å². The van der Waals surface area contributed by atoms with E-state index in [1.54, 1.807) is 24.0 Å². The second kappa shape index (κ2) is 7.56. The minimum atomic E-state index is -0.282. The standard InChI is InChI=1S/C17H17Cl2N3O3/c1-10-20-8-12(17(24)21-10)7-16(23)22-4-5-25-15(9-22)11-2-3-13(18)14(19)6-11/h2-3,6,8,15H,4-5,7,9H2,1H3,(H,20,21,24). The van der Waals surface area contributed by atoms with Crippen molar-refractivity contribution >= 4 is 29.1 Å². The topological polar surface area (TPSA) is 75.3 Å². The fourth-order valence-corrected chi connectivity index (χ4v) is 3.01. The lowest BCUT2D eigenvalue weighted by Crippen LogP contribution is -2.43. The molecule has 2 aromatic rings. The second-order valence-electron chi connectivity index (χ2n) is 5.87. The maximum Gasteiger partial charge on any atom is 0.254 e. The Morgan fingerprint density at radius 1 is 1.40 bits per heavy atom. The number of hydrogen-bond acceptors (Lipinski definition) is 4. The molecule has 0 bridgehead atoms. The first-order chi connectivity index (χ1) is 11.9. The number of aromatic amines is 1. The molecule has 8 heteroatoms. The van der Waals surface area contributed by atoms with Gasteiger partial charge in [0, 0.05) is 18.3 Å². The summed E-state index contributed by atoms with van der Waals surface area (Å²) in [5, 5.41) is 0.920. The van der Waals surface area contributed by atoms with E-state index >= 15 is 0 Å². The monoisotopic (exact) mass is 381 g/mol. The molecule has 0 radical (unpaired) electrons. The molecular formula is C17H17Cl2N3O3. The Morgan fingerprint density at radius 3 is 2.92 bits per heavy atom. The largest absolute Gasteiger partial charge is 0.370 e. The number of carbonyl (C=O) groups excluding carboxylic acids is 1. The summed E-state index contributed by atoms with van der Waals surface area (Å²) in [6.07, 6.45) is 1.18. The van der Waals surface area contributed by atoms with Gasteiger partial charge in [-0.3, -0.25) is 9.59 Å². The van der Waals surface area contributed by atoms with Gasteiger partial charge in [0.05, 0.1) is 29.6 Å². The number of ether oxygens (including phenoxy) is 1. The van der Waals surface area contributed by atoms with Crippen LogP contribution in [0.25, 0.3) is 0 Å². The molecule has 1 aliphatic rings. The fraction of sp³-hybridized carbons (Fsp3) is 0.353. The first-order valence-corrected chi connectivity index (χ1v) is 8.59. The molecule has 1 fully saturated rings. The Hall–Kier alpha value is -1.89. The molecule has 0 spiro atoms. The summed E-state index contributed by atoms with van der Waals surface area (Å²) < 4.78 is 5.75. The van der Waals surface area contributed by atoms with Gasteiger partial charge in [-0.1, -0.05) is 29.3 Å². The van der Waals surface area contributed by atoms with Crippen LogP contribution in [0.5, 0.6) is 0 Å². The zero-order valence-electron chi connectivity index (χ0n) is 13.6. The lowest BCUT2D eigenvalue weighted by atomic mass is 10.1. The molecule has 1 N–H and O–H groups in total. The normalized spacial score (nSPS) is 17.6. The van der Waals surface area contributed by atoms with Crippen LogP contribution in [-0.2, 0) is 16.0 Å². The van der Waals surface area contributed by atoms with Crippen LogP contribution >= 0.6 is 23.2 Å². The predicted octanol–water partition coefficient (Wildman–Crippen LogP) is 2.53. The van der Waals surface area contributed by atoms with Gasteiger partial charge in [-0.15, -0.1) is 0 Å². The van der Waals surface area contributed by atoms with Gasteiger partial charge in [-0.05, 0) is 24.6 Å². The molecule has 3 rings (SSSR count). The van der Waals surface area contributed by atoms with Gasteiger partial charge in [-0.2, -0.15) is 0 Å². The van der Waals surface area contributed by atoms with Gasteiger partial charge in [0.2, 0.25) is 5.91 Å². The van der Waals surface area contributed by atoms with E-state index in [4.69, 9.17) is 27.9 Å². The number of H-pyrrole nitrogens is 1. The lowest BCUT2D eigenvalue weighted by molar-refractivity contribution is -0.138. The van der Waals surface area contributed by atoms with E-state index in [-0.39, 0.29) is 24.0 Å². The number of halogens is 2. The average molecular weight is 382 g/mol. The summed E-state index contributed by atoms with van der Waals surface area (Å²) in [5.41, 5.74) is 0.935. The summed E-state index contributed by atoms with van der Waals surface area (Å²) in [5.74, 6) is 0.386. The number of nitrogens with zero attached hydrogens (tertiary/aromatic N) is 2. The molecule has 0 saturated carbocycles. The van der Waals surface area contributed by atoms with Crippen molar-refractivity contribution in [3.63, 3.8) is 0 Å². The zero-order valence-corrected chi connectivity index (χ0v) is 15.1. The van der Waals surface area contributed by atoms with Crippen molar-refractivity contribution in [3.05, 3.63) is 61.7 Å². The third kappa shape index (κ3) is 4.21. The third-order valence-corrected chi connectivity index (χ3v) is 4.82. The molecule has 1 amide bonds. The molecule has 1 aromatic carbocycles. The van der Waals surface area contributed by atoms with Crippen molar-refractivity contribution in [2.24, 2.45) is 0 Å². The number of aromatic nitrogens is 2. The van der Waals surface area contributed by atoms with Gasteiger partial charge in [0.15, 0.2) is 0 Å². The van der Waals surface area contributed by atoms with Crippen LogP contribution in [0.3, 0.4) is 0 Å². The third-order valence-electron chi connectivity index (χ3n) is 4.08. The summed E-state index contributed by atoms with van der Waals surface area (Å²) in [6, 6.07) is 5.29. The SMILES string of the molecule is Cc1ncc(CC(=O)N2CCOC(c3ccc(Cl)c(Cl)c3)C2)c(=O)[nH]1. The number of rotatable bonds is 3. The van der Waals surface area contributed by atoms with Crippen LogP contribution < -0.4 is 5.56 Å². The fourth-order valence-electron chi connectivity index (χ4n) is 2.70. The van der Waals surface area contributed by atoms with Gasteiger partial charge >= 0.3 is 0 Å². The summed E-state index contributed by atoms with van der Waals surface area (Å²) in [4.78, 5) is 32.8. The summed E-state index contributed by atoms with van der Waals surface area (Å²) in [6.45, 7) is 2.98. The smallest absolute Gasteiger partial charge is 0.254 e. The molecule has 6 nitrogen and oxygen atoms in total. The van der Waals surface area contributed by atoms with Crippen LogP contribution in [0.4, 0.5) is 0 Å². The Balaban J connectivity index is 1.71. The van der Waals surface area contributed by atoms with E-state index in [1.807, 2.05) is 6.07 Å². The van der Waals surface area contributed by atoms with E-state index in [1.165, 1.54) is 6.20 Å². The quantitative estimate of drug-likeness (QED) is 0.885. The summed E-state index contributed by atoms with van der Waals surface area (Å²) >= 11 is 12.0. The van der Waals surface area contributed by atoms with Crippen LogP contribution in [0.15, 0.2) is 29.2 Å². The Kier molecular flexibility index (Phi) is 5.42. The van der Waals surface area contributed by atoms with Gasteiger partial charge in [-0.25, -0.2) is 4.98 Å². The highest BCUT2D eigenvalue weighted by Gasteiger charge is 2.26. The maximum absolute atomic E-state index is 12.5. The number of morpholine rings is 1. The molecule has 0 aliphatic carbocycles. The highest BCUT2D eigenvalue weighted by Crippen LogP contribution is 2.29. The second-order valence-corrected chi connectivity index (χ2v) is 6.69. The number of benzene rings is 1. The first kappa shape index (κ1) is 17.9. The highest BCUT2D eigenvalue weighted by molar-refractivity contribution is 6.42. The van der Waals surface area contributed by atoms with Gasteiger partial charge < -0.3 is 14.6 Å². The average Bonchev–Trinajstić information content (AvgIpc) is 2.60. The summed E-state index contributed by atoms with van der Waals surface area (Å²) in [7, 11) is 0. The minimum Gasteiger partial charge on any atom is -0.370 e. The van der Waals surface area contributed by atoms with Gasteiger partial charge in [0.1, 0.15) is 11.9 Å². The van der Waals surface area contributed by atoms with Gasteiger partial charge in [0.25, 0.3) is 5.56 Å². The molecular weight excluding hydrogens is 365 g/mol. The van der Waals surface area contributed by atoms with Crippen molar-refractivity contribution in [1.29, 1.82) is 0 Å². The van der Waals surface area contributed by atoms with Crippen molar-refractivity contribution in [2.45, 2.75) is 19.4 Å². The van der Waals surface area contributed by atoms with Crippen molar-refractivity contribution < 1.29 is 9.53 Å². The molecule has 1 unspecified atom stereocenters. The van der Waals surface area contributed by atoms with E-state index in [2.05, 4.69) is 9.97 Å². The molecule has 25 heavy (non-hydrogen) atoms.